The zero-order valence-electron chi connectivity index (χ0n) is 7.11. The highest BCUT2D eigenvalue weighted by Crippen LogP contribution is 2.25. The van der Waals surface area contributed by atoms with Crippen LogP contribution in [0.25, 0.3) is 0 Å². The summed E-state index contributed by atoms with van der Waals surface area (Å²) in [5.74, 6) is 0.710. The first-order chi connectivity index (χ1) is 5.79. The quantitative estimate of drug-likeness (QED) is 0.489. The number of anilines is 1. The Bertz CT molecular complexity index is 304. The summed E-state index contributed by atoms with van der Waals surface area (Å²) in [4.78, 5) is 1.46. The molecule has 3 nitrogen and oxygen atoms in total. The van der Waals surface area contributed by atoms with E-state index in [1.54, 1.807) is 14.2 Å². The molecule has 12 heavy (non-hydrogen) atoms. The highest BCUT2D eigenvalue weighted by molar-refractivity contribution is 5.60. The summed E-state index contributed by atoms with van der Waals surface area (Å²) in [7, 11) is 3.28. The van der Waals surface area contributed by atoms with Crippen LogP contribution >= 0.6 is 0 Å². The molecule has 0 spiro atoms. The van der Waals surface area contributed by atoms with Crippen LogP contribution in [0.1, 0.15) is 0 Å². The van der Waals surface area contributed by atoms with Gasteiger partial charge in [0.1, 0.15) is 5.75 Å². The Hall–Kier alpha value is -1.69. The molecule has 1 rings (SSSR count). The van der Waals surface area contributed by atoms with E-state index in [4.69, 9.17) is 10.00 Å². The number of hydrogen-bond acceptors (Lipinski definition) is 3. The molecular formula is C9H10N2O. The van der Waals surface area contributed by atoms with E-state index in [-0.39, 0.29) is 0 Å². The predicted octanol–water partition coefficient (Wildman–Crippen LogP) is 1.61. The van der Waals surface area contributed by atoms with Crippen LogP contribution in [0.2, 0.25) is 0 Å². The van der Waals surface area contributed by atoms with Crippen LogP contribution in [-0.2, 0) is 0 Å². The fourth-order valence-electron chi connectivity index (χ4n) is 0.961. The Morgan fingerprint density at radius 2 is 2.08 bits per heavy atom. The molecule has 0 saturated carbocycles. The van der Waals surface area contributed by atoms with Crippen molar-refractivity contribution in [2.45, 2.75) is 0 Å². The minimum Gasteiger partial charge on any atom is -0.495 e. The van der Waals surface area contributed by atoms with E-state index in [0.29, 0.717) is 5.75 Å². The van der Waals surface area contributed by atoms with Gasteiger partial charge in [0, 0.05) is 7.05 Å². The van der Waals surface area contributed by atoms with Gasteiger partial charge in [-0.3, -0.25) is 4.90 Å². The van der Waals surface area contributed by atoms with E-state index in [2.05, 4.69) is 0 Å². The van der Waals surface area contributed by atoms with Crippen molar-refractivity contribution >= 4 is 5.69 Å². The van der Waals surface area contributed by atoms with E-state index in [0.717, 1.165) is 5.69 Å². The smallest absolute Gasteiger partial charge is 0.184 e. The highest BCUT2D eigenvalue weighted by atomic mass is 16.5. The number of nitrogens with zero attached hydrogens (tertiary/aromatic N) is 2. The van der Waals surface area contributed by atoms with Crippen molar-refractivity contribution in [1.82, 2.24) is 0 Å². The standard InChI is InChI=1S/C9H10N2O/c1-11(7-10)8-5-3-4-6-9(8)12-2/h3-6H,1-2H3. The van der Waals surface area contributed by atoms with Crippen molar-refractivity contribution in [3.05, 3.63) is 24.3 Å². The molecule has 0 aliphatic carbocycles. The minimum atomic E-state index is 0.710. The van der Waals surface area contributed by atoms with Crippen molar-refractivity contribution in [3.8, 4) is 11.9 Å². The van der Waals surface area contributed by atoms with Crippen LogP contribution in [0.3, 0.4) is 0 Å². The molecule has 0 radical (unpaired) electrons. The molecule has 0 saturated heterocycles. The fourth-order valence-corrected chi connectivity index (χ4v) is 0.961. The molecule has 0 atom stereocenters. The summed E-state index contributed by atoms with van der Waals surface area (Å²) in [6.45, 7) is 0. The zero-order chi connectivity index (χ0) is 8.97. The van der Waals surface area contributed by atoms with Gasteiger partial charge in [-0.05, 0) is 12.1 Å². The molecule has 0 aliphatic heterocycles. The Morgan fingerprint density at radius 1 is 1.42 bits per heavy atom. The van der Waals surface area contributed by atoms with Gasteiger partial charge in [0.05, 0.1) is 12.8 Å². The van der Waals surface area contributed by atoms with Gasteiger partial charge >= 0.3 is 0 Å². The van der Waals surface area contributed by atoms with Gasteiger partial charge in [-0.15, -0.1) is 0 Å². The molecule has 0 aliphatic rings. The molecule has 0 unspecified atom stereocenters. The zero-order valence-corrected chi connectivity index (χ0v) is 7.11. The normalized spacial score (nSPS) is 8.75. The molecular weight excluding hydrogens is 152 g/mol. The Morgan fingerprint density at radius 3 is 2.67 bits per heavy atom. The van der Waals surface area contributed by atoms with Crippen LogP contribution < -0.4 is 9.64 Å². The van der Waals surface area contributed by atoms with E-state index < -0.39 is 0 Å². The number of rotatable bonds is 2. The van der Waals surface area contributed by atoms with Gasteiger partial charge in [0.15, 0.2) is 6.19 Å². The third-order valence-corrected chi connectivity index (χ3v) is 1.60. The molecule has 0 fully saturated rings. The lowest BCUT2D eigenvalue weighted by Crippen LogP contribution is -2.09. The third kappa shape index (κ3) is 1.48. The second-order valence-corrected chi connectivity index (χ2v) is 2.33. The maximum absolute atomic E-state index is 8.63. The Balaban J connectivity index is 3.06. The van der Waals surface area contributed by atoms with Crippen molar-refractivity contribution < 1.29 is 4.74 Å². The summed E-state index contributed by atoms with van der Waals surface area (Å²) in [5, 5.41) is 8.63. The summed E-state index contributed by atoms with van der Waals surface area (Å²) in [5.41, 5.74) is 0.780. The summed E-state index contributed by atoms with van der Waals surface area (Å²) >= 11 is 0. The van der Waals surface area contributed by atoms with Crippen molar-refractivity contribution in [1.29, 1.82) is 5.26 Å². The molecule has 0 N–H and O–H groups in total. The van der Waals surface area contributed by atoms with Crippen LogP contribution in [0.15, 0.2) is 24.3 Å². The SMILES string of the molecule is COc1ccccc1N(C)C#N. The lowest BCUT2D eigenvalue weighted by molar-refractivity contribution is 0.415. The Kier molecular flexibility index (Phi) is 2.54. The number of benzene rings is 1. The largest absolute Gasteiger partial charge is 0.495 e. The molecule has 0 aromatic heterocycles. The summed E-state index contributed by atoms with van der Waals surface area (Å²) < 4.78 is 5.08. The van der Waals surface area contributed by atoms with Crippen molar-refractivity contribution in [2.75, 3.05) is 19.1 Å². The monoisotopic (exact) mass is 162 g/mol. The fraction of sp³-hybridized carbons (Fsp3) is 0.222. The molecule has 1 aromatic rings. The van der Waals surface area contributed by atoms with Crippen LogP contribution in [0.4, 0.5) is 5.69 Å². The first-order valence-corrected chi connectivity index (χ1v) is 3.56. The van der Waals surface area contributed by atoms with Gasteiger partial charge in [-0.25, -0.2) is 0 Å². The number of methoxy groups -OCH3 is 1. The van der Waals surface area contributed by atoms with E-state index in [1.807, 2.05) is 30.5 Å². The molecule has 0 amide bonds. The van der Waals surface area contributed by atoms with Crippen LogP contribution in [-0.4, -0.2) is 14.2 Å². The third-order valence-electron chi connectivity index (χ3n) is 1.60. The number of ether oxygens (including phenoxy) is 1. The minimum absolute atomic E-state index is 0.710. The number of para-hydroxylation sites is 2. The van der Waals surface area contributed by atoms with Crippen LogP contribution in [0.5, 0.6) is 5.75 Å². The second kappa shape index (κ2) is 3.63. The average molecular weight is 162 g/mol. The van der Waals surface area contributed by atoms with Gasteiger partial charge in [0.2, 0.25) is 0 Å². The van der Waals surface area contributed by atoms with Gasteiger partial charge in [-0.2, -0.15) is 5.26 Å². The average Bonchev–Trinajstić information content (AvgIpc) is 2.16. The first-order valence-electron chi connectivity index (χ1n) is 3.56. The highest BCUT2D eigenvalue weighted by Gasteiger charge is 2.04. The van der Waals surface area contributed by atoms with E-state index >= 15 is 0 Å². The molecule has 0 bridgehead atoms. The maximum Gasteiger partial charge on any atom is 0.184 e. The van der Waals surface area contributed by atoms with E-state index in [1.165, 1.54) is 4.90 Å². The number of nitriles is 1. The van der Waals surface area contributed by atoms with Crippen molar-refractivity contribution in [2.24, 2.45) is 0 Å². The molecule has 62 valence electrons. The molecule has 1 aromatic carbocycles. The molecule has 3 heteroatoms. The van der Waals surface area contributed by atoms with E-state index in [9.17, 15) is 0 Å². The Labute approximate surface area is 71.8 Å². The van der Waals surface area contributed by atoms with Gasteiger partial charge < -0.3 is 4.74 Å². The van der Waals surface area contributed by atoms with Gasteiger partial charge in [0.25, 0.3) is 0 Å². The van der Waals surface area contributed by atoms with Crippen molar-refractivity contribution in [3.63, 3.8) is 0 Å². The summed E-state index contributed by atoms with van der Waals surface area (Å²) in [6, 6.07) is 7.39. The second-order valence-electron chi connectivity index (χ2n) is 2.33. The topological polar surface area (TPSA) is 36.3 Å². The number of hydrogen-bond donors (Lipinski definition) is 0. The van der Waals surface area contributed by atoms with Crippen LogP contribution in [0, 0.1) is 11.5 Å². The summed E-state index contributed by atoms with van der Waals surface area (Å²) in [6.07, 6.45) is 2.01. The maximum atomic E-state index is 8.63. The lowest BCUT2D eigenvalue weighted by Gasteiger charge is -2.12. The predicted molar refractivity (Wildman–Crippen MR) is 47.0 cm³/mol. The lowest BCUT2D eigenvalue weighted by atomic mass is 10.3. The van der Waals surface area contributed by atoms with Gasteiger partial charge in [-0.1, -0.05) is 12.1 Å². The molecule has 0 heterocycles. The first kappa shape index (κ1) is 8.41.